The second-order valence-corrected chi connectivity index (χ2v) is 17.6. The standard InChI is InChI=1S/C59H43NS/c1-59(2)56-52(17-11-18-54(56)58-57(59)53-16-9-10-19-55(53)61-58)48-32-38-51(39-33-48)60(49-34-28-46(29-35-49)44-24-20-42(21-25-44)40-12-5-3-6-13-40)50-36-30-47(31-37-50)45-26-22-43(23-27-45)41-14-7-4-8-15-41/h3-39H,1-2H3. The summed E-state index contributed by atoms with van der Waals surface area (Å²) in [7, 11) is 0. The molecule has 0 atom stereocenters. The van der Waals surface area contributed by atoms with Crippen molar-refractivity contribution in [3.05, 3.63) is 236 Å². The Kier molecular flexibility index (Phi) is 9.10. The highest BCUT2D eigenvalue weighted by atomic mass is 32.1. The van der Waals surface area contributed by atoms with Crippen molar-refractivity contribution in [2.75, 3.05) is 4.90 Å². The molecule has 0 radical (unpaired) electrons. The van der Waals surface area contributed by atoms with Crippen LogP contribution in [-0.4, -0.2) is 0 Å². The molecule has 0 aliphatic heterocycles. The summed E-state index contributed by atoms with van der Waals surface area (Å²) in [4.78, 5) is 3.79. The summed E-state index contributed by atoms with van der Waals surface area (Å²) in [5.74, 6) is 0. The second-order valence-electron chi connectivity index (χ2n) is 16.5. The molecule has 0 N–H and O–H groups in total. The normalized spacial score (nSPS) is 12.6. The lowest BCUT2D eigenvalue weighted by Gasteiger charge is -2.27. The van der Waals surface area contributed by atoms with E-state index in [0.717, 1.165) is 17.1 Å². The predicted octanol–water partition coefficient (Wildman–Crippen LogP) is 17.0. The van der Waals surface area contributed by atoms with Crippen molar-refractivity contribution in [3.63, 3.8) is 0 Å². The van der Waals surface area contributed by atoms with Gasteiger partial charge in [0.05, 0.1) is 0 Å². The molecule has 9 aromatic carbocycles. The monoisotopic (exact) mass is 797 g/mol. The topological polar surface area (TPSA) is 3.24 Å². The third-order valence-electron chi connectivity index (χ3n) is 12.5. The summed E-state index contributed by atoms with van der Waals surface area (Å²) in [6, 6.07) is 81.8. The van der Waals surface area contributed by atoms with Crippen LogP contribution in [0.3, 0.4) is 0 Å². The first kappa shape index (κ1) is 36.8. The van der Waals surface area contributed by atoms with Gasteiger partial charge in [0.2, 0.25) is 0 Å². The van der Waals surface area contributed by atoms with Crippen LogP contribution in [0.2, 0.25) is 0 Å². The Morgan fingerprint density at radius 3 is 1.13 bits per heavy atom. The van der Waals surface area contributed by atoms with Crippen LogP contribution in [-0.2, 0) is 5.41 Å². The van der Waals surface area contributed by atoms with Gasteiger partial charge in [-0.05, 0) is 120 Å². The molecule has 2 heteroatoms. The number of nitrogens with zero attached hydrogens (tertiary/aromatic N) is 1. The molecular weight excluding hydrogens is 755 g/mol. The first-order valence-electron chi connectivity index (χ1n) is 21.1. The average molecular weight is 798 g/mol. The molecule has 0 bridgehead atoms. The van der Waals surface area contributed by atoms with E-state index >= 15 is 0 Å². The molecule has 1 heterocycles. The van der Waals surface area contributed by atoms with Crippen molar-refractivity contribution in [1.82, 2.24) is 0 Å². The molecular formula is C59H43NS. The molecule has 11 rings (SSSR count). The van der Waals surface area contributed by atoms with Crippen molar-refractivity contribution >= 4 is 38.5 Å². The molecule has 1 aromatic heterocycles. The van der Waals surface area contributed by atoms with E-state index in [1.807, 2.05) is 11.3 Å². The number of rotatable bonds is 8. The van der Waals surface area contributed by atoms with Gasteiger partial charge in [0.1, 0.15) is 0 Å². The maximum absolute atomic E-state index is 2.40. The quantitative estimate of drug-likeness (QED) is 0.148. The van der Waals surface area contributed by atoms with E-state index in [-0.39, 0.29) is 5.41 Å². The van der Waals surface area contributed by atoms with Gasteiger partial charge in [0.25, 0.3) is 0 Å². The molecule has 0 amide bonds. The van der Waals surface area contributed by atoms with Crippen LogP contribution in [0.5, 0.6) is 0 Å². The molecule has 0 unspecified atom stereocenters. The van der Waals surface area contributed by atoms with E-state index < -0.39 is 0 Å². The van der Waals surface area contributed by atoms with Crippen LogP contribution >= 0.6 is 11.3 Å². The minimum Gasteiger partial charge on any atom is -0.311 e. The molecule has 0 saturated heterocycles. The second kappa shape index (κ2) is 15.1. The molecule has 10 aromatic rings. The maximum atomic E-state index is 2.40. The number of hydrogen-bond acceptors (Lipinski definition) is 2. The van der Waals surface area contributed by atoms with E-state index in [2.05, 4.69) is 243 Å². The Morgan fingerprint density at radius 1 is 0.311 bits per heavy atom. The first-order valence-corrected chi connectivity index (χ1v) is 21.9. The lowest BCUT2D eigenvalue weighted by atomic mass is 9.78. The van der Waals surface area contributed by atoms with Gasteiger partial charge in [-0.3, -0.25) is 0 Å². The van der Waals surface area contributed by atoms with E-state index in [9.17, 15) is 0 Å². The van der Waals surface area contributed by atoms with Gasteiger partial charge in [-0.25, -0.2) is 0 Å². The molecule has 0 saturated carbocycles. The van der Waals surface area contributed by atoms with E-state index in [1.54, 1.807) is 0 Å². The Balaban J connectivity index is 0.942. The molecule has 290 valence electrons. The summed E-state index contributed by atoms with van der Waals surface area (Å²) in [5.41, 5.74) is 19.7. The summed E-state index contributed by atoms with van der Waals surface area (Å²) < 4.78 is 1.36. The number of benzene rings is 9. The van der Waals surface area contributed by atoms with E-state index in [1.165, 1.54) is 87.3 Å². The summed E-state index contributed by atoms with van der Waals surface area (Å²) in [6.45, 7) is 4.80. The Hall–Kier alpha value is -7.26. The van der Waals surface area contributed by atoms with Crippen LogP contribution in [0.1, 0.15) is 25.0 Å². The number of thiophene rings is 1. The van der Waals surface area contributed by atoms with Gasteiger partial charge >= 0.3 is 0 Å². The van der Waals surface area contributed by atoms with E-state index in [0.29, 0.717) is 0 Å². The highest BCUT2D eigenvalue weighted by Crippen LogP contribution is 2.57. The lowest BCUT2D eigenvalue weighted by Crippen LogP contribution is -2.16. The predicted molar refractivity (Wildman–Crippen MR) is 261 cm³/mol. The molecule has 1 aliphatic rings. The SMILES string of the molecule is CC1(C)c2c(-c3ccc(N(c4ccc(-c5ccc(-c6ccccc6)cc5)cc4)c4ccc(-c5ccc(-c6ccccc6)cc5)cc4)cc3)cccc2-c2sc3ccccc3c21. The average Bonchev–Trinajstić information content (AvgIpc) is 3.83. The zero-order chi connectivity index (χ0) is 40.9. The van der Waals surface area contributed by atoms with Crippen molar-refractivity contribution in [1.29, 1.82) is 0 Å². The Labute approximate surface area is 362 Å². The molecule has 0 fully saturated rings. The Bertz CT molecular complexity index is 3020. The van der Waals surface area contributed by atoms with Gasteiger partial charge in [0.15, 0.2) is 0 Å². The molecule has 1 aliphatic carbocycles. The third kappa shape index (κ3) is 6.57. The third-order valence-corrected chi connectivity index (χ3v) is 13.7. The Morgan fingerprint density at radius 2 is 0.672 bits per heavy atom. The van der Waals surface area contributed by atoms with Crippen LogP contribution < -0.4 is 4.90 Å². The summed E-state index contributed by atoms with van der Waals surface area (Å²) >= 11 is 1.93. The largest absolute Gasteiger partial charge is 0.311 e. The molecule has 1 nitrogen and oxygen atoms in total. The first-order chi connectivity index (χ1) is 30.0. The van der Waals surface area contributed by atoms with Crippen LogP contribution in [0, 0.1) is 0 Å². The minimum atomic E-state index is -0.112. The van der Waals surface area contributed by atoms with Gasteiger partial charge in [-0.2, -0.15) is 0 Å². The highest BCUT2D eigenvalue weighted by molar-refractivity contribution is 7.22. The van der Waals surface area contributed by atoms with Crippen molar-refractivity contribution < 1.29 is 0 Å². The van der Waals surface area contributed by atoms with Crippen LogP contribution in [0.4, 0.5) is 17.1 Å². The fraction of sp³-hybridized carbons (Fsp3) is 0.0508. The number of anilines is 3. The van der Waals surface area contributed by atoms with Gasteiger partial charge < -0.3 is 4.90 Å². The number of fused-ring (bicyclic) bond motifs is 5. The van der Waals surface area contributed by atoms with Crippen molar-refractivity contribution in [3.8, 4) is 66.1 Å². The van der Waals surface area contributed by atoms with Crippen molar-refractivity contribution in [2.24, 2.45) is 0 Å². The van der Waals surface area contributed by atoms with Crippen molar-refractivity contribution in [2.45, 2.75) is 19.3 Å². The lowest BCUT2D eigenvalue weighted by molar-refractivity contribution is 0.669. The minimum absolute atomic E-state index is 0.112. The summed E-state index contributed by atoms with van der Waals surface area (Å²) in [5, 5.41) is 1.38. The smallest absolute Gasteiger partial charge is 0.0462 e. The molecule has 0 spiro atoms. The van der Waals surface area contributed by atoms with Gasteiger partial charge in [-0.1, -0.05) is 196 Å². The fourth-order valence-electron chi connectivity index (χ4n) is 9.45. The molecule has 61 heavy (non-hydrogen) atoms. The van der Waals surface area contributed by atoms with Crippen LogP contribution in [0.15, 0.2) is 224 Å². The number of hydrogen-bond donors (Lipinski definition) is 0. The fourth-order valence-corrected chi connectivity index (χ4v) is 10.8. The maximum Gasteiger partial charge on any atom is 0.0462 e. The van der Waals surface area contributed by atoms with E-state index in [4.69, 9.17) is 0 Å². The van der Waals surface area contributed by atoms with Gasteiger partial charge in [0, 0.05) is 32.1 Å². The highest BCUT2D eigenvalue weighted by Gasteiger charge is 2.40. The van der Waals surface area contributed by atoms with Crippen LogP contribution in [0.25, 0.3) is 76.2 Å². The summed E-state index contributed by atoms with van der Waals surface area (Å²) in [6.07, 6.45) is 0. The zero-order valence-corrected chi connectivity index (χ0v) is 35.0. The van der Waals surface area contributed by atoms with Gasteiger partial charge in [-0.15, -0.1) is 11.3 Å². The zero-order valence-electron chi connectivity index (χ0n) is 34.2.